The molecule has 0 radical (unpaired) electrons. The number of hydrogen-bond acceptors (Lipinski definition) is 4. The van der Waals surface area contributed by atoms with Crippen molar-refractivity contribution in [3.63, 3.8) is 0 Å². The summed E-state index contributed by atoms with van der Waals surface area (Å²) in [6, 6.07) is 23.2. The molecule has 208 valence electrons. The van der Waals surface area contributed by atoms with Crippen LogP contribution >= 0.6 is 15.9 Å². The van der Waals surface area contributed by atoms with Gasteiger partial charge >= 0.3 is 0 Å². The quantitative estimate of drug-likeness (QED) is 0.272. The molecule has 2 amide bonds. The van der Waals surface area contributed by atoms with Gasteiger partial charge in [-0.25, -0.2) is 8.42 Å². The summed E-state index contributed by atoms with van der Waals surface area (Å²) in [5.41, 5.74) is 2.99. The summed E-state index contributed by atoms with van der Waals surface area (Å²) in [5, 5.41) is 2.99. The minimum Gasteiger partial charge on any atom is -0.354 e. The maximum atomic E-state index is 14.0. The van der Waals surface area contributed by atoms with Gasteiger partial charge in [0.1, 0.15) is 12.6 Å². The fraction of sp³-hybridized carbons (Fsp3) is 0.333. The zero-order valence-electron chi connectivity index (χ0n) is 22.6. The monoisotopic (exact) mass is 613 g/mol. The molecule has 0 saturated carbocycles. The van der Waals surface area contributed by atoms with Crippen molar-refractivity contribution < 1.29 is 18.0 Å². The second-order valence-corrected chi connectivity index (χ2v) is 12.4. The first-order chi connectivity index (χ1) is 18.6. The normalized spacial score (nSPS) is 12.0. The highest BCUT2D eigenvalue weighted by Crippen LogP contribution is 2.22. The SMILES string of the molecule is CCCCNC(=O)[C@H](Cc1ccccc1)N(Cc1cccc(Br)c1)C(=O)CN(c1cccc(C)c1)S(C)(=O)=O. The van der Waals surface area contributed by atoms with Crippen molar-refractivity contribution in [3.05, 3.63) is 100 Å². The molecule has 1 N–H and O–H groups in total. The number of nitrogens with zero attached hydrogens (tertiary/aromatic N) is 2. The lowest BCUT2D eigenvalue weighted by molar-refractivity contribution is -0.140. The fourth-order valence-corrected chi connectivity index (χ4v) is 5.58. The van der Waals surface area contributed by atoms with Crippen molar-refractivity contribution >= 4 is 43.5 Å². The molecule has 0 aliphatic heterocycles. The predicted octanol–water partition coefficient (Wildman–Crippen LogP) is 5.08. The van der Waals surface area contributed by atoms with Crippen LogP contribution in [0.25, 0.3) is 0 Å². The second kappa shape index (κ2) is 14.3. The Morgan fingerprint density at radius 2 is 1.64 bits per heavy atom. The van der Waals surface area contributed by atoms with Gasteiger partial charge in [0, 0.05) is 24.0 Å². The van der Waals surface area contributed by atoms with Crippen LogP contribution < -0.4 is 9.62 Å². The Morgan fingerprint density at radius 1 is 0.949 bits per heavy atom. The number of nitrogens with one attached hydrogen (secondary N) is 1. The van der Waals surface area contributed by atoms with E-state index in [9.17, 15) is 18.0 Å². The summed E-state index contributed by atoms with van der Waals surface area (Å²) >= 11 is 3.48. The molecular weight excluding hydrogens is 578 g/mol. The van der Waals surface area contributed by atoms with Crippen LogP contribution in [0, 0.1) is 6.92 Å². The Labute approximate surface area is 240 Å². The Bertz CT molecular complexity index is 1370. The fourth-order valence-electron chi connectivity index (χ4n) is 4.29. The first-order valence-corrected chi connectivity index (χ1v) is 15.6. The third-order valence-corrected chi connectivity index (χ3v) is 7.95. The van der Waals surface area contributed by atoms with Crippen molar-refractivity contribution in [3.8, 4) is 0 Å². The van der Waals surface area contributed by atoms with Gasteiger partial charge in [-0.05, 0) is 54.3 Å². The molecule has 39 heavy (non-hydrogen) atoms. The smallest absolute Gasteiger partial charge is 0.244 e. The second-order valence-electron chi connectivity index (χ2n) is 9.61. The number of aryl methyl sites for hydroxylation is 1. The van der Waals surface area contributed by atoms with Gasteiger partial charge in [-0.1, -0.05) is 83.9 Å². The number of hydrogen-bond donors (Lipinski definition) is 1. The van der Waals surface area contributed by atoms with Crippen LogP contribution in [0.15, 0.2) is 83.3 Å². The maximum Gasteiger partial charge on any atom is 0.244 e. The Balaban J connectivity index is 2.03. The minimum absolute atomic E-state index is 0.141. The van der Waals surface area contributed by atoms with Crippen LogP contribution in [-0.4, -0.2) is 50.5 Å². The maximum absolute atomic E-state index is 14.0. The topological polar surface area (TPSA) is 86.8 Å². The van der Waals surface area contributed by atoms with Gasteiger partial charge in [0.25, 0.3) is 0 Å². The highest BCUT2D eigenvalue weighted by Gasteiger charge is 2.33. The minimum atomic E-state index is -3.79. The molecule has 7 nitrogen and oxygen atoms in total. The van der Waals surface area contributed by atoms with Gasteiger partial charge in [0.05, 0.1) is 11.9 Å². The van der Waals surface area contributed by atoms with E-state index in [1.807, 2.05) is 74.5 Å². The summed E-state index contributed by atoms with van der Waals surface area (Å²) in [4.78, 5) is 29.1. The number of anilines is 1. The van der Waals surface area contributed by atoms with Gasteiger partial charge in [-0.3, -0.25) is 13.9 Å². The molecule has 0 unspecified atom stereocenters. The molecule has 0 saturated heterocycles. The van der Waals surface area contributed by atoms with E-state index < -0.39 is 28.5 Å². The van der Waals surface area contributed by atoms with Crippen LogP contribution in [0.3, 0.4) is 0 Å². The molecule has 0 aliphatic rings. The molecular formula is C30H36BrN3O4S. The molecule has 0 aromatic heterocycles. The van der Waals surface area contributed by atoms with Crippen molar-refractivity contribution in [1.82, 2.24) is 10.2 Å². The molecule has 0 heterocycles. The third-order valence-electron chi connectivity index (χ3n) is 6.31. The molecule has 0 bridgehead atoms. The highest BCUT2D eigenvalue weighted by atomic mass is 79.9. The molecule has 1 atom stereocenters. The molecule has 3 aromatic rings. The van der Waals surface area contributed by atoms with E-state index in [0.717, 1.165) is 44.6 Å². The van der Waals surface area contributed by atoms with E-state index in [0.29, 0.717) is 18.7 Å². The van der Waals surface area contributed by atoms with Gasteiger partial charge in [-0.2, -0.15) is 0 Å². The van der Waals surface area contributed by atoms with Crippen molar-refractivity contribution in [1.29, 1.82) is 0 Å². The average Bonchev–Trinajstić information content (AvgIpc) is 2.89. The number of halogens is 1. The Morgan fingerprint density at radius 3 is 2.28 bits per heavy atom. The Hall–Kier alpha value is -3.17. The standard InChI is InChI=1S/C30H36BrN3O4S/c1-4-5-17-32-30(36)28(20-24-12-7-6-8-13-24)33(21-25-14-10-15-26(31)19-25)29(35)22-34(39(3,37)38)27-16-9-11-23(2)18-27/h6-16,18-19,28H,4-5,17,20-22H2,1-3H3,(H,32,36)/t28-/m0/s1. The number of carbonyl (C=O) groups is 2. The summed E-state index contributed by atoms with van der Waals surface area (Å²) in [7, 11) is -3.79. The lowest BCUT2D eigenvalue weighted by Crippen LogP contribution is -2.53. The van der Waals surface area contributed by atoms with Crippen LogP contribution in [-0.2, 0) is 32.6 Å². The van der Waals surface area contributed by atoms with Crippen molar-refractivity contribution in [2.24, 2.45) is 0 Å². The average molecular weight is 615 g/mol. The van der Waals surface area contributed by atoms with Crippen LogP contribution in [0.1, 0.15) is 36.5 Å². The number of carbonyl (C=O) groups excluding carboxylic acids is 2. The lowest BCUT2D eigenvalue weighted by Gasteiger charge is -2.33. The van der Waals surface area contributed by atoms with Crippen LogP contribution in [0.4, 0.5) is 5.69 Å². The van der Waals surface area contributed by atoms with E-state index in [1.54, 1.807) is 18.2 Å². The first-order valence-electron chi connectivity index (χ1n) is 13.0. The molecule has 0 spiro atoms. The van der Waals surface area contributed by atoms with E-state index in [-0.39, 0.29) is 12.5 Å². The van der Waals surface area contributed by atoms with Crippen LogP contribution in [0.2, 0.25) is 0 Å². The summed E-state index contributed by atoms with van der Waals surface area (Å²) in [6.07, 6.45) is 3.12. The van der Waals surface area contributed by atoms with E-state index in [4.69, 9.17) is 0 Å². The van der Waals surface area contributed by atoms with Gasteiger partial charge in [0.15, 0.2) is 0 Å². The van der Waals surface area contributed by atoms with Gasteiger partial charge in [-0.15, -0.1) is 0 Å². The molecule has 0 aliphatic carbocycles. The zero-order chi connectivity index (χ0) is 28.4. The van der Waals surface area contributed by atoms with E-state index in [2.05, 4.69) is 21.2 Å². The summed E-state index contributed by atoms with van der Waals surface area (Å²) in [5.74, 6) is -0.731. The van der Waals surface area contributed by atoms with Crippen molar-refractivity contribution in [2.45, 2.75) is 45.7 Å². The molecule has 9 heteroatoms. The van der Waals surface area contributed by atoms with Gasteiger partial charge < -0.3 is 10.2 Å². The summed E-state index contributed by atoms with van der Waals surface area (Å²) in [6.45, 7) is 4.12. The zero-order valence-corrected chi connectivity index (χ0v) is 25.0. The highest BCUT2D eigenvalue weighted by molar-refractivity contribution is 9.10. The molecule has 3 rings (SSSR count). The molecule has 3 aromatic carbocycles. The first kappa shape index (κ1) is 30.4. The van der Waals surface area contributed by atoms with E-state index >= 15 is 0 Å². The number of rotatable bonds is 13. The third kappa shape index (κ3) is 9.21. The summed E-state index contributed by atoms with van der Waals surface area (Å²) < 4.78 is 27.6. The molecule has 0 fully saturated rings. The number of unbranched alkanes of at least 4 members (excludes halogenated alkanes) is 1. The van der Waals surface area contributed by atoms with E-state index in [1.165, 1.54) is 4.90 Å². The van der Waals surface area contributed by atoms with Crippen molar-refractivity contribution in [2.75, 3.05) is 23.7 Å². The Kier molecular flexibility index (Phi) is 11.1. The predicted molar refractivity (Wildman–Crippen MR) is 160 cm³/mol. The number of amides is 2. The van der Waals surface area contributed by atoms with Crippen LogP contribution in [0.5, 0.6) is 0 Å². The largest absolute Gasteiger partial charge is 0.354 e. The lowest BCUT2D eigenvalue weighted by atomic mass is 10.0. The van der Waals surface area contributed by atoms with Gasteiger partial charge in [0.2, 0.25) is 21.8 Å². The number of benzene rings is 3. The number of sulfonamides is 1.